The highest BCUT2D eigenvalue weighted by atomic mass is 16.2. The number of hydrogen-bond donors (Lipinski definition) is 2. The normalized spacial score (nSPS) is 34.2. The minimum Gasteiger partial charge on any atom is -0.354 e. The fraction of sp³-hybridized carbons (Fsp3) is 0.682. The van der Waals surface area contributed by atoms with Crippen LogP contribution in [-0.2, 0) is 11.2 Å². The summed E-state index contributed by atoms with van der Waals surface area (Å²) in [5, 5.41) is 6.76. The molecule has 0 aromatic heterocycles. The number of carbonyl (C=O) groups is 1. The summed E-state index contributed by atoms with van der Waals surface area (Å²) in [5.41, 5.74) is 2.81. The minimum atomic E-state index is -0.179. The van der Waals surface area contributed by atoms with E-state index in [-0.39, 0.29) is 11.9 Å². The van der Waals surface area contributed by atoms with Crippen LogP contribution in [0, 0.1) is 17.3 Å². The van der Waals surface area contributed by atoms with E-state index in [2.05, 4.69) is 35.8 Å². The van der Waals surface area contributed by atoms with Gasteiger partial charge in [-0.2, -0.15) is 0 Å². The third-order valence-electron chi connectivity index (χ3n) is 7.09. The molecule has 25 heavy (non-hydrogen) atoms. The molecule has 2 fully saturated rings. The van der Waals surface area contributed by atoms with Gasteiger partial charge in [-0.15, -0.1) is 0 Å². The summed E-state index contributed by atoms with van der Waals surface area (Å²) in [7, 11) is 0. The molecule has 2 bridgehead atoms. The van der Waals surface area contributed by atoms with E-state index in [1.165, 1.54) is 50.5 Å². The molecule has 1 heterocycles. The van der Waals surface area contributed by atoms with Crippen LogP contribution in [0.1, 0.15) is 69.0 Å². The first kappa shape index (κ1) is 17.1. The fourth-order valence-electron chi connectivity index (χ4n) is 5.75. The van der Waals surface area contributed by atoms with Crippen LogP contribution < -0.4 is 10.6 Å². The molecule has 0 radical (unpaired) electrons. The molecule has 3 aliphatic rings. The van der Waals surface area contributed by atoms with E-state index in [4.69, 9.17) is 0 Å². The van der Waals surface area contributed by atoms with Crippen LogP contribution in [-0.4, -0.2) is 19.0 Å². The third kappa shape index (κ3) is 3.48. The maximum absolute atomic E-state index is 12.9. The van der Waals surface area contributed by atoms with Gasteiger partial charge in [-0.1, -0.05) is 50.5 Å². The van der Waals surface area contributed by atoms with Crippen molar-refractivity contribution in [3.05, 3.63) is 35.4 Å². The number of nitrogens with one attached hydrogen (secondary N) is 2. The molecule has 0 spiro atoms. The van der Waals surface area contributed by atoms with E-state index in [1.54, 1.807) is 0 Å². The van der Waals surface area contributed by atoms with Gasteiger partial charge in [0.25, 0.3) is 0 Å². The monoisotopic (exact) mass is 340 g/mol. The quantitative estimate of drug-likeness (QED) is 0.870. The molecule has 1 aromatic rings. The molecule has 1 amide bonds. The smallest absolute Gasteiger partial charge is 0.241 e. The Balaban J connectivity index is 1.43. The van der Waals surface area contributed by atoms with Crippen LogP contribution in [0.15, 0.2) is 24.3 Å². The molecule has 3 nitrogen and oxygen atoms in total. The number of amides is 1. The predicted octanol–water partition coefficient (Wildman–Crippen LogP) is 3.99. The predicted molar refractivity (Wildman–Crippen MR) is 101 cm³/mol. The average Bonchev–Trinajstić information content (AvgIpc) is 2.65. The van der Waals surface area contributed by atoms with Crippen molar-refractivity contribution in [1.82, 2.24) is 10.6 Å². The van der Waals surface area contributed by atoms with E-state index < -0.39 is 0 Å². The first-order valence-electron chi connectivity index (χ1n) is 10.3. The summed E-state index contributed by atoms with van der Waals surface area (Å²) in [6.45, 7) is 4.06. The topological polar surface area (TPSA) is 41.1 Å². The van der Waals surface area contributed by atoms with Crippen molar-refractivity contribution in [2.75, 3.05) is 13.1 Å². The summed E-state index contributed by atoms with van der Waals surface area (Å²) in [4.78, 5) is 12.9. The lowest BCUT2D eigenvalue weighted by Gasteiger charge is -2.47. The lowest BCUT2D eigenvalue weighted by atomic mass is 9.60. The molecule has 2 saturated carbocycles. The molecule has 3 unspecified atom stereocenters. The molecule has 2 N–H and O–H groups in total. The number of carbonyl (C=O) groups excluding carboxylic acids is 1. The molecule has 2 aliphatic carbocycles. The molecule has 0 saturated heterocycles. The highest BCUT2D eigenvalue weighted by Gasteiger charge is 2.41. The van der Waals surface area contributed by atoms with Crippen molar-refractivity contribution in [3.63, 3.8) is 0 Å². The van der Waals surface area contributed by atoms with Gasteiger partial charge in [-0.05, 0) is 60.5 Å². The van der Waals surface area contributed by atoms with Gasteiger partial charge in [0.15, 0.2) is 0 Å². The zero-order chi connectivity index (χ0) is 17.3. The van der Waals surface area contributed by atoms with Crippen LogP contribution in [0.5, 0.6) is 0 Å². The summed E-state index contributed by atoms with van der Waals surface area (Å²) in [5.74, 6) is 1.96. The van der Waals surface area contributed by atoms with E-state index in [0.29, 0.717) is 5.41 Å². The Hall–Kier alpha value is -1.35. The minimum absolute atomic E-state index is 0.163. The van der Waals surface area contributed by atoms with Gasteiger partial charge in [-0.3, -0.25) is 4.79 Å². The summed E-state index contributed by atoms with van der Waals surface area (Å²) < 4.78 is 0. The first-order valence-corrected chi connectivity index (χ1v) is 10.3. The Morgan fingerprint density at radius 3 is 2.76 bits per heavy atom. The standard InChI is InChI=1S/C22H32N2O/c1-2-22(13-16-6-5-7-17(12-16)14-22)15-24-21(25)20-19-9-4-3-8-18(19)10-11-23-20/h3-4,8-9,16-17,20,23H,2,5-7,10-15H2,1H3,(H,24,25). The van der Waals surface area contributed by atoms with Crippen LogP contribution in [0.4, 0.5) is 0 Å². The molecule has 3 heteroatoms. The Morgan fingerprint density at radius 2 is 2.00 bits per heavy atom. The van der Waals surface area contributed by atoms with Gasteiger partial charge in [-0.25, -0.2) is 0 Å². The Morgan fingerprint density at radius 1 is 1.24 bits per heavy atom. The van der Waals surface area contributed by atoms with Crippen LogP contribution in [0.25, 0.3) is 0 Å². The molecule has 3 atom stereocenters. The molecule has 1 aromatic carbocycles. The van der Waals surface area contributed by atoms with Crippen molar-refractivity contribution in [3.8, 4) is 0 Å². The van der Waals surface area contributed by atoms with Gasteiger partial charge in [0.2, 0.25) is 5.91 Å². The van der Waals surface area contributed by atoms with Crippen molar-refractivity contribution in [2.45, 2.75) is 64.3 Å². The molecular formula is C22H32N2O. The van der Waals surface area contributed by atoms with Crippen LogP contribution >= 0.6 is 0 Å². The van der Waals surface area contributed by atoms with Crippen molar-refractivity contribution in [1.29, 1.82) is 0 Å². The number of fused-ring (bicyclic) bond motifs is 3. The third-order valence-corrected chi connectivity index (χ3v) is 7.09. The SMILES string of the molecule is CCC1(CNC(=O)C2NCCc3ccccc32)CC2CCCC(C2)C1. The zero-order valence-electron chi connectivity index (χ0n) is 15.5. The van der Waals surface area contributed by atoms with Gasteiger partial charge >= 0.3 is 0 Å². The summed E-state index contributed by atoms with van der Waals surface area (Å²) in [6, 6.07) is 8.20. The second-order valence-electron chi connectivity index (χ2n) is 8.71. The first-order chi connectivity index (χ1) is 12.2. The van der Waals surface area contributed by atoms with Gasteiger partial charge < -0.3 is 10.6 Å². The van der Waals surface area contributed by atoms with Gasteiger partial charge in [0.1, 0.15) is 6.04 Å². The largest absolute Gasteiger partial charge is 0.354 e. The number of rotatable bonds is 4. The van der Waals surface area contributed by atoms with Gasteiger partial charge in [0, 0.05) is 13.1 Å². The molecule has 1 aliphatic heterocycles. The zero-order valence-corrected chi connectivity index (χ0v) is 15.5. The second kappa shape index (κ2) is 7.11. The fourth-order valence-corrected chi connectivity index (χ4v) is 5.75. The maximum Gasteiger partial charge on any atom is 0.241 e. The Labute approximate surface area is 152 Å². The highest BCUT2D eigenvalue weighted by molar-refractivity contribution is 5.84. The van der Waals surface area contributed by atoms with E-state index in [9.17, 15) is 4.79 Å². The Bertz CT molecular complexity index is 614. The number of benzene rings is 1. The second-order valence-corrected chi connectivity index (χ2v) is 8.71. The van der Waals surface area contributed by atoms with Crippen LogP contribution in [0.3, 0.4) is 0 Å². The van der Waals surface area contributed by atoms with Crippen molar-refractivity contribution in [2.24, 2.45) is 17.3 Å². The average molecular weight is 341 g/mol. The molecule has 136 valence electrons. The van der Waals surface area contributed by atoms with Crippen LogP contribution in [0.2, 0.25) is 0 Å². The maximum atomic E-state index is 12.9. The molecular weight excluding hydrogens is 308 g/mol. The van der Waals surface area contributed by atoms with Gasteiger partial charge in [0.05, 0.1) is 0 Å². The summed E-state index contributed by atoms with van der Waals surface area (Å²) >= 11 is 0. The molecule has 4 rings (SSSR count). The van der Waals surface area contributed by atoms with E-state index >= 15 is 0 Å². The van der Waals surface area contributed by atoms with Crippen molar-refractivity contribution < 1.29 is 4.79 Å². The Kier molecular flexibility index (Phi) is 4.86. The highest BCUT2D eigenvalue weighted by Crippen LogP contribution is 2.50. The lowest BCUT2D eigenvalue weighted by Crippen LogP contribution is -2.47. The number of hydrogen-bond acceptors (Lipinski definition) is 2. The van der Waals surface area contributed by atoms with E-state index in [1.807, 2.05) is 6.07 Å². The van der Waals surface area contributed by atoms with E-state index in [0.717, 1.165) is 36.9 Å². The summed E-state index contributed by atoms with van der Waals surface area (Å²) in [6.07, 6.45) is 10.5. The van der Waals surface area contributed by atoms with Crippen molar-refractivity contribution >= 4 is 5.91 Å². The lowest BCUT2D eigenvalue weighted by molar-refractivity contribution is -0.124.